The molecular formula is C29H32BrNO7S. The van der Waals surface area contributed by atoms with Crippen LogP contribution in [0, 0.1) is 24.2 Å². The highest BCUT2D eigenvalue weighted by Crippen LogP contribution is 2.64. The number of thiophene rings is 1. The number of hydrogen-bond acceptors (Lipinski definition) is 8. The van der Waals surface area contributed by atoms with E-state index >= 15 is 0 Å². The number of alkyl halides is 1. The summed E-state index contributed by atoms with van der Waals surface area (Å²) in [5, 5.41) is 3.22. The van der Waals surface area contributed by atoms with Gasteiger partial charge in [-0.1, -0.05) is 22.0 Å². The van der Waals surface area contributed by atoms with Gasteiger partial charge in [-0.05, 0) is 93.9 Å². The number of rotatable bonds is 8. The van der Waals surface area contributed by atoms with Crippen LogP contribution < -0.4 is 14.8 Å². The summed E-state index contributed by atoms with van der Waals surface area (Å²) in [6.07, 6.45) is 6.33. The lowest BCUT2D eigenvalue weighted by Gasteiger charge is -2.58. The van der Waals surface area contributed by atoms with Gasteiger partial charge in [0.2, 0.25) is 6.79 Å². The smallest absolute Gasteiger partial charge is 0.341 e. The molecule has 2 atom stereocenters. The molecule has 5 aliphatic rings. The highest BCUT2D eigenvalue weighted by molar-refractivity contribution is 9.10. The van der Waals surface area contributed by atoms with E-state index in [0.29, 0.717) is 40.3 Å². The third-order valence-electron chi connectivity index (χ3n) is 8.52. The van der Waals surface area contributed by atoms with Crippen LogP contribution in [-0.2, 0) is 25.5 Å². The Balaban J connectivity index is 1.16. The zero-order chi connectivity index (χ0) is 27.4. The number of nitrogens with one attached hydrogen (secondary N) is 1. The summed E-state index contributed by atoms with van der Waals surface area (Å²) in [6.45, 7) is 3.66. The van der Waals surface area contributed by atoms with E-state index in [4.69, 9.17) is 18.9 Å². The molecule has 4 fully saturated rings. The Kier molecular flexibility index (Phi) is 6.90. The molecule has 1 amide bonds. The first kappa shape index (κ1) is 26.6. The molecule has 7 rings (SSSR count). The largest absolute Gasteiger partial charge is 0.462 e. The number of aryl methyl sites for hydroxylation is 1. The van der Waals surface area contributed by atoms with E-state index in [9.17, 15) is 14.4 Å². The van der Waals surface area contributed by atoms with Crippen molar-refractivity contribution in [1.82, 2.24) is 0 Å². The molecule has 1 aromatic carbocycles. The minimum Gasteiger partial charge on any atom is -0.462 e. The van der Waals surface area contributed by atoms with Crippen LogP contribution in [0.5, 0.6) is 11.5 Å². The van der Waals surface area contributed by atoms with Crippen LogP contribution in [0.4, 0.5) is 5.00 Å². The summed E-state index contributed by atoms with van der Waals surface area (Å²) in [4.78, 5) is 40.2. The molecule has 39 heavy (non-hydrogen) atoms. The zero-order valence-electron chi connectivity index (χ0n) is 22.1. The first-order chi connectivity index (χ1) is 18.7. The number of esters is 2. The van der Waals surface area contributed by atoms with E-state index < -0.39 is 17.3 Å². The fourth-order valence-corrected chi connectivity index (χ4v) is 9.92. The van der Waals surface area contributed by atoms with Crippen molar-refractivity contribution >= 4 is 50.1 Å². The number of anilines is 1. The third kappa shape index (κ3) is 5.06. The number of fused-ring (bicyclic) bond motifs is 1. The second kappa shape index (κ2) is 10.1. The topological polar surface area (TPSA) is 100 Å². The van der Waals surface area contributed by atoms with Crippen LogP contribution >= 0.6 is 27.3 Å². The van der Waals surface area contributed by atoms with Crippen molar-refractivity contribution in [2.24, 2.45) is 17.3 Å². The Morgan fingerprint density at radius 3 is 2.56 bits per heavy atom. The predicted molar refractivity (Wildman–Crippen MR) is 149 cm³/mol. The normalized spacial score (nSPS) is 27.9. The van der Waals surface area contributed by atoms with Crippen molar-refractivity contribution in [1.29, 1.82) is 0 Å². The lowest BCUT2D eigenvalue weighted by atomic mass is 9.49. The van der Waals surface area contributed by atoms with Crippen LogP contribution in [0.2, 0.25) is 0 Å². The molecule has 1 aromatic heterocycles. The van der Waals surface area contributed by atoms with Crippen LogP contribution in [-0.4, -0.2) is 42.2 Å². The Hall–Kier alpha value is -2.59. The summed E-state index contributed by atoms with van der Waals surface area (Å²) >= 11 is 5.24. The van der Waals surface area contributed by atoms with Crippen LogP contribution in [0.15, 0.2) is 18.2 Å². The predicted octanol–water partition coefficient (Wildman–Crippen LogP) is 5.77. The maximum absolute atomic E-state index is 13.3. The van der Waals surface area contributed by atoms with Crippen molar-refractivity contribution < 1.29 is 33.3 Å². The van der Waals surface area contributed by atoms with Crippen molar-refractivity contribution in [3.05, 3.63) is 39.8 Å². The first-order valence-corrected chi connectivity index (χ1v) is 15.1. The molecule has 2 aromatic rings. The van der Waals surface area contributed by atoms with Crippen LogP contribution in [0.3, 0.4) is 0 Å². The summed E-state index contributed by atoms with van der Waals surface area (Å²) in [6, 6.07) is 5.67. The average molecular weight is 619 g/mol. The van der Waals surface area contributed by atoms with E-state index in [1.165, 1.54) is 17.8 Å². The van der Waals surface area contributed by atoms with Gasteiger partial charge in [0.1, 0.15) is 5.00 Å². The second-order valence-corrected chi connectivity index (χ2v) is 14.3. The summed E-state index contributed by atoms with van der Waals surface area (Å²) in [5.41, 5.74) is 1.55. The van der Waals surface area contributed by atoms with Gasteiger partial charge in [-0.25, -0.2) is 4.79 Å². The van der Waals surface area contributed by atoms with Crippen molar-refractivity contribution in [3.63, 3.8) is 0 Å². The van der Waals surface area contributed by atoms with E-state index in [1.54, 1.807) is 6.92 Å². The molecule has 8 nitrogen and oxygen atoms in total. The lowest BCUT2D eigenvalue weighted by molar-refractivity contribution is -0.170. The van der Waals surface area contributed by atoms with E-state index in [2.05, 4.69) is 21.2 Å². The Labute approximate surface area is 239 Å². The molecule has 4 bridgehead atoms. The first-order valence-electron chi connectivity index (χ1n) is 13.5. The van der Waals surface area contributed by atoms with Gasteiger partial charge in [0.05, 0.1) is 17.6 Å². The van der Waals surface area contributed by atoms with Gasteiger partial charge >= 0.3 is 11.9 Å². The molecule has 4 saturated carbocycles. The SMILES string of the molecule is CCOC(=O)c1c(NC(=O)COC(=O)C23CC4CC(CC(Br)(C4)C2)C3)sc(C)c1Cc1ccc2c(c1)OCO2. The minimum atomic E-state index is -0.499. The quantitative estimate of drug-likeness (QED) is 0.296. The summed E-state index contributed by atoms with van der Waals surface area (Å²) in [5.74, 6) is 1.19. The standard InChI is InChI=1S/C29H32BrNO7S/c1-3-35-26(33)24-20(7-17-4-5-21-22(8-17)38-15-37-21)16(2)39-25(24)31-23(32)13-36-27(34)28-9-18-6-19(10-28)12-29(30,11-18)14-28/h4-5,8,18-19H,3,6-7,9-15H2,1-2H3,(H,31,32). The molecular weight excluding hydrogens is 586 g/mol. The van der Waals surface area contributed by atoms with Gasteiger partial charge < -0.3 is 24.3 Å². The number of benzene rings is 1. The monoisotopic (exact) mass is 617 g/mol. The van der Waals surface area contributed by atoms with Gasteiger partial charge in [0.15, 0.2) is 18.1 Å². The maximum Gasteiger partial charge on any atom is 0.341 e. The number of halogens is 1. The van der Waals surface area contributed by atoms with Gasteiger partial charge in [0, 0.05) is 9.20 Å². The van der Waals surface area contributed by atoms with Crippen molar-refractivity contribution in [2.75, 3.05) is 25.3 Å². The molecule has 1 aliphatic heterocycles. The van der Waals surface area contributed by atoms with Gasteiger partial charge in [0.25, 0.3) is 5.91 Å². The number of carbonyl (C=O) groups is 3. The van der Waals surface area contributed by atoms with E-state index in [0.717, 1.165) is 48.1 Å². The molecule has 10 heteroatoms. The van der Waals surface area contributed by atoms with Gasteiger partial charge in [-0.2, -0.15) is 0 Å². The molecule has 2 heterocycles. The Morgan fingerprint density at radius 1 is 1.10 bits per heavy atom. The highest BCUT2D eigenvalue weighted by Gasteiger charge is 2.60. The zero-order valence-corrected chi connectivity index (χ0v) is 24.5. The average Bonchev–Trinajstić information content (AvgIpc) is 3.45. The second-order valence-electron chi connectivity index (χ2n) is 11.4. The van der Waals surface area contributed by atoms with Gasteiger partial charge in [-0.15, -0.1) is 11.3 Å². The molecule has 0 radical (unpaired) electrons. The fraction of sp³-hybridized carbons (Fsp3) is 0.552. The molecule has 1 N–H and O–H groups in total. The Morgan fingerprint density at radius 2 is 1.85 bits per heavy atom. The molecule has 208 valence electrons. The molecule has 4 aliphatic carbocycles. The number of hydrogen-bond donors (Lipinski definition) is 1. The fourth-order valence-electron chi connectivity index (χ4n) is 7.39. The van der Waals surface area contributed by atoms with Crippen molar-refractivity contribution in [2.45, 2.75) is 63.1 Å². The maximum atomic E-state index is 13.3. The number of amides is 1. The number of carbonyl (C=O) groups excluding carboxylic acids is 3. The van der Waals surface area contributed by atoms with E-state index in [1.807, 2.05) is 25.1 Å². The summed E-state index contributed by atoms with van der Waals surface area (Å²) < 4.78 is 21.9. The number of ether oxygens (including phenoxy) is 4. The molecule has 0 spiro atoms. The summed E-state index contributed by atoms with van der Waals surface area (Å²) in [7, 11) is 0. The molecule has 0 saturated heterocycles. The third-order valence-corrected chi connectivity index (χ3v) is 10.5. The van der Waals surface area contributed by atoms with Crippen LogP contribution in [0.25, 0.3) is 0 Å². The van der Waals surface area contributed by atoms with Gasteiger partial charge in [-0.3, -0.25) is 9.59 Å². The lowest BCUT2D eigenvalue weighted by Crippen LogP contribution is -2.56. The molecule has 2 unspecified atom stereocenters. The van der Waals surface area contributed by atoms with Crippen LogP contribution in [0.1, 0.15) is 71.8 Å². The van der Waals surface area contributed by atoms with E-state index in [-0.39, 0.29) is 30.3 Å². The minimum absolute atomic E-state index is 0.0236. The Bertz CT molecular complexity index is 1320. The highest BCUT2D eigenvalue weighted by atomic mass is 79.9. The van der Waals surface area contributed by atoms with Crippen molar-refractivity contribution in [3.8, 4) is 11.5 Å².